The number of aromatic hydroxyl groups is 2. The molecule has 0 radical (unpaired) electrons. The Kier molecular flexibility index (Phi) is 10.0. The SMILES string of the molecule is CCN(CC(=O)O)C(=O)[C@H](CCCN)NC(=O)[C@@H](N)Cc1cc(-c2ccc(O)c(C)c2)ccc1O. The van der Waals surface area contributed by atoms with Gasteiger partial charge in [0.1, 0.15) is 24.1 Å². The Morgan fingerprint density at radius 2 is 1.69 bits per heavy atom. The number of carbonyl (C=O) groups excluding carboxylic acids is 2. The van der Waals surface area contributed by atoms with E-state index in [1.807, 2.05) is 6.07 Å². The number of phenols is 2. The van der Waals surface area contributed by atoms with Gasteiger partial charge in [-0.05, 0) is 79.8 Å². The van der Waals surface area contributed by atoms with E-state index >= 15 is 0 Å². The number of aliphatic carboxylic acids is 1. The Balaban J connectivity index is 2.17. The van der Waals surface area contributed by atoms with E-state index in [1.54, 1.807) is 38.1 Å². The van der Waals surface area contributed by atoms with Crippen molar-refractivity contribution in [1.82, 2.24) is 10.2 Å². The summed E-state index contributed by atoms with van der Waals surface area (Å²) < 4.78 is 0. The molecule has 190 valence electrons. The number of carbonyl (C=O) groups is 3. The second-order valence-corrected chi connectivity index (χ2v) is 8.39. The topological polar surface area (TPSA) is 179 Å². The van der Waals surface area contributed by atoms with E-state index in [9.17, 15) is 24.6 Å². The first-order valence-corrected chi connectivity index (χ1v) is 11.5. The van der Waals surface area contributed by atoms with Crippen LogP contribution in [0.2, 0.25) is 0 Å². The van der Waals surface area contributed by atoms with Crippen LogP contribution in [-0.4, -0.2) is 69.7 Å². The second kappa shape index (κ2) is 12.7. The number of amides is 2. The minimum Gasteiger partial charge on any atom is -0.508 e. The van der Waals surface area contributed by atoms with Crippen molar-refractivity contribution in [2.24, 2.45) is 11.5 Å². The van der Waals surface area contributed by atoms with Crippen molar-refractivity contribution in [2.75, 3.05) is 19.6 Å². The zero-order chi connectivity index (χ0) is 26.1. The highest BCUT2D eigenvalue weighted by Crippen LogP contribution is 2.29. The van der Waals surface area contributed by atoms with Crippen molar-refractivity contribution >= 4 is 17.8 Å². The van der Waals surface area contributed by atoms with Crippen LogP contribution >= 0.6 is 0 Å². The fraction of sp³-hybridized carbons (Fsp3) is 0.400. The molecule has 0 fully saturated rings. The maximum atomic E-state index is 12.8. The molecule has 2 amide bonds. The molecule has 0 spiro atoms. The van der Waals surface area contributed by atoms with Crippen LogP contribution in [0.3, 0.4) is 0 Å². The maximum Gasteiger partial charge on any atom is 0.323 e. The monoisotopic (exact) mass is 486 g/mol. The lowest BCUT2D eigenvalue weighted by Gasteiger charge is -2.26. The number of nitrogens with two attached hydrogens (primary N) is 2. The van der Waals surface area contributed by atoms with Crippen molar-refractivity contribution in [2.45, 2.75) is 45.2 Å². The summed E-state index contributed by atoms with van der Waals surface area (Å²) in [4.78, 5) is 37.9. The van der Waals surface area contributed by atoms with E-state index in [1.165, 1.54) is 6.07 Å². The number of hydrogen-bond donors (Lipinski definition) is 6. The molecular weight excluding hydrogens is 452 g/mol. The van der Waals surface area contributed by atoms with Crippen molar-refractivity contribution in [3.8, 4) is 22.6 Å². The van der Waals surface area contributed by atoms with Crippen LogP contribution in [0.15, 0.2) is 36.4 Å². The van der Waals surface area contributed by atoms with Crippen LogP contribution in [0.4, 0.5) is 0 Å². The van der Waals surface area contributed by atoms with Crippen LogP contribution in [0, 0.1) is 6.92 Å². The predicted molar refractivity (Wildman–Crippen MR) is 132 cm³/mol. The zero-order valence-corrected chi connectivity index (χ0v) is 20.0. The van der Waals surface area contributed by atoms with Crippen LogP contribution in [0.5, 0.6) is 11.5 Å². The van der Waals surface area contributed by atoms with Crippen molar-refractivity contribution in [3.63, 3.8) is 0 Å². The number of nitrogens with zero attached hydrogens (tertiary/aromatic N) is 1. The van der Waals surface area contributed by atoms with Gasteiger partial charge < -0.3 is 37.0 Å². The molecule has 0 aromatic heterocycles. The molecule has 0 saturated carbocycles. The number of benzene rings is 2. The number of rotatable bonds is 12. The van der Waals surface area contributed by atoms with Gasteiger partial charge in [-0.1, -0.05) is 12.1 Å². The van der Waals surface area contributed by atoms with E-state index in [4.69, 9.17) is 16.6 Å². The normalized spacial score (nSPS) is 12.6. The van der Waals surface area contributed by atoms with E-state index < -0.39 is 36.4 Å². The van der Waals surface area contributed by atoms with E-state index in [-0.39, 0.29) is 30.9 Å². The molecule has 0 unspecified atom stereocenters. The van der Waals surface area contributed by atoms with Crippen LogP contribution in [0.1, 0.15) is 30.9 Å². The van der Waals surface area contributed by atoms with Gasteiger partial charge in [0.05, 0.1) is 6.04 Å². The lowest BCUT2D eigenvalue weighted by atomic mass is 9.97. The smallest absolute Gasteiger partial charge is 0.323 e. The first kappa shape index (κ1) is 27.6. The van der Waals surface area contributed by atoms with Gasteiger partial charge in [-0.25, -0.2) is 0 Å². The standard InChI is InChI=1S/C25H34N4O6/c1-3-29(14-23(32)33)25(35)20(5-4-10-26)28-24(34)19(27)13-18-12-17(7-9-22(18)31)16-6-8-21(30)15(2)11-16/h6-9,11-12,19-20,30-31H,3-5,10,13-14,26-27H2,1-2H3,(H,28,34)(H,32,33)/t19-,20-/m0/s1. The lowest BCUT2D eigenvalue weighted by Crippen LogP contribution is -2.53. The summed E-state index contributed by atoms with van der Waals surface area (Å²) in [5.41, 5.74) is 14.4. The number of phenolic OH excluding ortho intramolecular Hbond substituents is 2. The van der Waals surface area contributed by atoms with Crippen molar-refractivity contribution in [3.05, 3.63) is 47.5 Å². The number of carboxylic acid groups (broad SMARTS) is 1. The van der Waals surface area contributed by atoms with Gasteiger partial charge in [-0.15, -0.1) is 0 Å². The fourth-order valence-electron chi connectivity index (χ4n) is 3.68. The Morgan fingerprint density at radius 3 is 2.26 bits per heavy atom. The van der Waals surface area contributed by atoms with Crippen LogP contribution in [-0.2, 0) is 20.8 Å². The van der Waals surface area contributed by atoms with Gasteiger partial charge >= 0.3 is 5.97 Å². The predicted octanol–water partition coefficient (Wildman–Crippen LogP) is 1.10. The lowest BCUT2D eigenvalue weighted by molar-refractivity contribution is -0.145. The van der Waals surface area contributed by atoms with Gasteiger partial charge in [-0.3, -0.25) is 14.4 Å². The first-order valence-electron chi connectivity index (χ1n) is 11.5. The number of likely N-dealkylation sites (N-methyl/N-ethyl adjacent to an activating group) is 1. The summed E-state index contributed by atoms with van der Waals surface area (Å²) >= 11 is 0. The quantitative estimate of drug-likeness (QED) is 0.258. The molecule has 0 heterocycles. The molecule has 2 aromatic rings. The highest BCUT2D eigenvalue weighted by atomic mass is 16.4. The largest absolute Gasteiger partial charge is 0.508 e. The third-order valence-corrected chi connectivity index (χ3v) is 5.72. The van der Waals surface area contributed by atoms with Gasteiger partial charge in [0.25, 0.3) is 0 Å². The molecule has 8 N–H and O–H groups in total. The molecule has 0 aliphatic rings. The molecular formula is C25H34N4O6. The third-order valence-electron chi connectivity index (χ3n) is 5.72. The number of hydrogen-bond acceptors (Lipinski definition) is 7. The third kappa shape index (κ3) is 7.69. The molecule has 2 atom stereocenters. The van der Waals surface area contributed by atoms with Crippen molar-refractivity contribution < 1.29 is 29.7 Å². The summed E-state index contributed by atoms with van der Waals surface area (Å²) in [6, 6.07) is 8.06. The molecule has 10 nitrogen and oxygen atoms in total. The first-order chi connectivity index (χ1) is 16.6. The highest BCUT2D eigenvalue weighted by Gasteiger charge is 2.28. The van der Waals surface area contributed by atoms with Gasteiger partial charge in [-0.2, -0.15) is 0 Å². The average Bonchev–Trinajstić information content (AvgIpc) is 2.82. The summed E-state index contributed by atoms with van der Waals surface area (Å²) in [5.74, 6) is -2.12. The number of aryl methyl sites for hydroxylation is 1. The molecule has 2 rings (SSSR count). The van der Waals surface area contributed by atoms with E-state index in [0.29, 0.717) is 24.1 Å². The molecule has 35 heavy (non-hydrogen) atoms. The minimum atomic E-state index is -1.15. The van der Waals surface area contributed by atoms with Gasteiger partial charge in [0.2, 0.25) is 11.8 Å². The minimum absolute atomic E-state index is 0.00693. The number of nitrogens with one attached hydrogen (secondary N) is 1. The summed E-state index contributed by atoms with van der Waals surface area (Å²) in [7, 11) is 0. The Bertz CT molecular complexity index is 1060. The highest BCUT2D eigenvalue weighted by molar-refractivity contribution is 5.91. The van der Waals surface area contributed by atoms with Gasteiger partial charge in [0.15, 0.2) is 0 Å². The van der Waals surface area contributed by atoms with E-state index in [2.05, 4.69) is 5.32 Å². The Morgan fingerprint density at radius 1 is 1.06 bits per heavy atom. The molecule has 10 heteroatoms. The zero-order valence-electron chi connectivity index (χ0n) is 20.0. The maximum absolute atomic E-state index is 12.8. The molecule has 0 bridgehead atoms. The summed E-state index contributed by atoms with van der Waals surface area (Å²) in [6.45, 7) is 3.42. The van der Waals surface area contributed by atoms with Crippen LogP contribution in [0.25, 0.3) is 11.1 Å². The summed E-state index contributed by atoms with van der Waals surface area (Å²) in [6.07, 6.45) is 0.698. The molecule has 0 aliphatic heterocycles. The Hall–Kier alpha value is -3.63. The molecule has 0 saturated heterocycles. The Labute approximate surface area is 204 Å². The fourth-order valence-corrected chi connectivity index (χ4v) is 3.68. The average molecular weight is 487 g/mol. The number of carboxylic acids is 1. The molecule has 2 aromatic carbocycles. The molecule has 0 aliphatic carbocycles. The van der Waals surface area contributed by atoms with Crippen LogP contribution < -0.4 is 16.8 Å². The van der Waals surface area contributed by atoms with Crippen molar-refractivity contribution in [1.29, 1.82) is 0 Å². The second-order valence-electron chi connectivity index (χ2n) is 8.39. The van der Waals surface area contributed by atoms with E-state index in [0.717, 1.165) is 16.0 Å². The summed E-state index contributed by atoms with van der Waals surface area (Å²) in [5, 5.41) is 31.8. The van der Waals surface area contributed by atoms with Gasteiger partial charge in [0, 0.05) is 13.0 Å².